The van der Waals surface area contributed by atoms with Gasteiger partial charge in [0.2, 0.25) is 5.91 Å². The number of esters is 1. The Balaban J connectivity index is 3.61. The molecule has 0 aliphatic heterocycles. The van der Waals surface area contributed by atoms with Gasteiger partial charge in [0.05, 0.1) is 19.3 Å². The molecule has 2 atom stereocenters. The summed E-state index contributed by atoms with van der Waals surface area (Å²) >= 11 is 0. The number of carbonyl (C=O) groups is 2. The summed E-state index contributed by atoms with van der Waals surface area (Å²) in [7, 11) is 0. The van der Waals surface area contributed by atoms with Crippen LogP contribution >= 0.6 is 0 Å². The lowest BCUT2D eigenvalue weighted by Gasteiger charge is -2.17. The van der Waals surface area contributed by atoms with E-state index in [0.717, 1.165) is 0 Å². The molecule has 6 heteroatoms. The molecule has 17 heavy (non-hydrogen) atoms. The molecule has 0 rings (SSSR count). The van der Waals surface area contributed by atoms with E-state index < -0.39 is 0 Å². The molecule has 100 valence electrons. The average molecular weight is 246 g/mol. The van der Waals surface area contributed by atoms with Crippen molar-refractivity contribution in [3.63, 3.8) is 0 Å². The first-order valence-corrected chi connectivity index (χ1v) is 5.67. The molecule has 0 aromatic rings. The summed E-state index contributed by atoms with van der Waals surface area (Å²) in [4.78, 5) is 21.4. The number of ether oxygens (including phenoxy) is 2. The third-order valence-electron chi connectivity index (χ3n) is 2.05. The maximum atomic E-state index is 10.8. The van der Waals surface area contributed by atoms with Gasteiger partial charge in [-0.15, -0.1) is 0 Å². The van der Waals surface area contributed by atoms with Crippen molar-refractivity contribution < 1.29 is 19.1 Å². The third-order valence-corrected chi connectivity index (χ3v) is 2.05. The van der Waals surface area contributed by atoms with Crippen molar-refractivity contribution in [2.75, 3.05) is 19.8 Å². The van der Waals surface area contributed by atoms with Crippen molar-refractivity contribution in [3.8, 4) is 0 Å². The van der Waals surface area contributed by atoms with Gasteiger partial charge in [-0.3, -0.25) is 9.59 Å². The first kappa shape index (κ1) is 15.9. The second-order valence-electron chi connectivity index (χ2n) is 3.92. The van der Waals surface area contributed by atoms with E-state index in [0.29, 0.717) is 26.2 Å². The van der Waals surface area contributed by atoms with Crippen LogP contribution in [0.4, 0.5) is 0 Å². The molecule has 0 bridgehead atoms. The third kappa shape index (κ3) is 9.77. The molecule has 1 amide bonds. The molecule has 0 aliphatic carbocycles. The molecular weight excluding hydrogens is 224 g/mol. The first-order chi connectivity index (χ1) is 7.95. The van der Waals surface area contributed by atoms with E-state index in [4.69, 9.17) is 15.2 Å². The standard InChI is InChI=1S/C11H22N2O4/c1-8(17-10(3)15)4-5-16-7-11(6-12)13-9(2)14/h8,11H,4-7,12H2,1-3H3,(H,13,14)/t8-,11+/m1/s1. The van der Waals surface area contributed by atoms with Crippen molar-refractivity contribution >= 4 is 11.9 Å². The van der Waals surface area contributed by atoms with Crippen molar-refractivity contribution in [2.45, 2.75) is 39.3 Å². The topological polar surface area (TPSA) is 90.7 Å². The number of amides is 1. The minimum Gasteiger partial charge on any atom is -0.463 e. The number of nitrogens with two attached hydrogens (primary N) is 1. The van der Waals surface area contributed by atoms with Gasteiger partial charge in [0.25, 0.3) is 0 Å². The molecule has 0 aromatic carbocycles. The Labute approximate surface area is 102 Å². The normalized spacial score (nSPS) is 13.9. The van der Waals surface area contributed by atoms with Crippen molar-refractivity contribution in [3.05, 3.63) is 0 Å². The van der Waals surface area contributed by atoms with E-state index in [1.165, 1.54) is 13.8 Å². The van der Waals surface area contributed by atoms with Crippen LogP contribution in [0.5, 0.6) is 0 Å². The minimum absolute atomic E-state index is 0.127. The molecular formula is C11H22N2O4. The second-order valence-corrected chi connectivity index (χ2v) is 3.92. The van der Waals surface area contributed by atoms with Gasteiger partial charge in [0.1, 0.15) is 6.10 Å². The average Bonchev–Trinajstić information content (AvgIpc) is 2.20. The maximum absolute atomic E-state index is 10.8. The number of rotatable bonds is 8. The molecule has 0 unspecified atom stereocenters. The molecule has 0 fully saturated rings. The highest BCUT2D eigenvalue weighted by molar-refractivity contribution is 5.73. The highest BCUT2D eigenvalue weighted by Gasteiger charge is 2.09. The number of carbonyl (C=O) groups excluding carboxylic acids is 2. The Hall–Kier alpha value is -1.14. The fraction of sp³-hybridized carbons (Fsp3) is 0.818. The minimum atomic E-state index is -0.296. The monoisotopic (exact) mass is 246 g/mol. The summed E-state index contributed by atoms with van der Waals surface area (Å²) in [6, 6.07) is -0.170. The van der Waals surface area contributed by atoms with Crippen LogP contribution in [0.1, 0.15) is 27.2 Å². The summed E-state index contributed by atoms with van der Waals surface area (Å²) < 4.78 is 10.3. The zero-order chi connectivity index (χ0) is 13.3. The predicted molar refractivity (Wildman–Crippen MR) is 63.3 cm³/mol. The van der Waals surface area contributed by atoms with Gasteiger partial charge in [0, 0.05) is 26.8 Å². The van der Waals surface area contributed by atoms with E-state index in [2.05, 4.69) is 5.32 Å². The van der Waals surface area contributed by atoms with Crippen molar-refractivity contribution in [2.24, 2.45) is 5.73 Å². The SMILES string of the molecule is CC(=O)N[C@@H](CN)COCC[C@@H](C)OC(C)=O. The highest BCUT2D eigenvalue weighted by atomic mass is 16.5. The van der Waals surface area contributed by atoms with E-state index in [1.54, 1.807) is 6.92 Å². The number of hydrogen-bond acceptors (Lipinski definition) is 5. The van der Waals surface area contributed by atoms with Crippen molar-refractivity contribution in [1.29, 1.82) is 0 Å². The van der Waals surface area contributed by atoms with E-state index in [-0.39, 0.29) is 24.0 Å². The summed E-state index contributed by atoms with van der Waals surface area (Å²) in [6.07, 6.45) is 0.460. The molecule has 0 spiro atoms. The second kappa shape index (κ2) is 8.95. The molecule has 0 aromatic heterocycles. The van der Waals surface area contributed by atoms with Crippen LogP contribution in [0.25, 0.3) is 0 Å². The first-order valence-electron chi connectivity index (χ1n) is 5.67. The zero-order valence-electron chi connectivity index (χ0n) is 10.7. The zero-order valence-corrected chi connectivity index (χ0v) is 10.7. The van der Waals surface area contributed by atoms with E-state index in [1.807, 2.05) is 0 Å². The van der Waals surface area contributed by atoms with Crippen LogP contribution in [-0.4, -0.2) is 43.8 Å². The van der Waals surface area contributed by atoms with Crippen LogP contribution in [0.2, 0.25) is 0 Å². The molecule has 3 N–H and O–H groups in total. The van der Waals surface area contributed by atoms with Gasteiger partial charge in [-0.25, -0.2) is 0 Å². The fourth-order valence-corrected chi connectivity index (χ4v) is 1.27. The smallest absolute Gasteiger partial charge is 0.302 e. The molecule has 6 nitrogen and oxygen atoms in total. The lowest BCUT2D eigenvalue weighted by atomic mass is 10.3. The lowest BCUT2D eigenvalue weighted by molar-refractivity contribution is -0.146. The maximum Gasteiger partial charge on any atom is 0.302 e. The van der Waals surface area contributed by atoms with Crippen LogP contribution in [0, 0.1) is 0 Å². The van der Waals surface area contributed by atoms with Crippen LogP contribution < -0.4 is 11.1 Å². The lowest BCUT2D eigenvalue weighted by Crippen LogP contribution is -2.42. The largest absolute Gasteiger partial charge is 0.463 e. The number of nitrogens with one attached hydrogen (secondary N) is 1. The Morgan fingerprint density at radius 2 is 2.00 bits per heavy atom. The molecule has 0 heterocycles. The van der Waals surface area contributed by atoms with Crippen LogP contribution in [-0.2, 0) is 19.1 Å². The van der Waals surface area contributed by atoms with E-state index in [9.17, 15) is 9.59 Å². The van der Waals surface area contributed by atoms with Gasteiger partial charge in [0.15, 0.2) is 0 Å². The quantitative estimate of drug-likeness (QED) is 0.457. The van der Waals surface area contributed by atoms with Crippen molar-refractivity contribution in [1.82, 2.24) is 5.32 Å². The Bertz CT molecular complexity index is 246. The van der Waals surface area contributed by atoms with Crippen LogP contribution in [0.3, 0.4) is 0 Å². The Morgan fingerprint density at radius 3 is 2.47 bits per heavy atom. The van der Waals surface area contributed by atoms with E-state index >= 15 is 0 Å². The van der Waals surface area contributed by atoms with Gasteiger partial charge in [-0.1, -0.05) is 0 Å². The van der Waals surface area contributed by atoms with Gasteiger partial charge in [-0.2, -0.15) is 0 Å². The summed E-state index contributed by atoms with van der Waals surface area (Å²) in [6.45, 7) is 5.77. The van der Waals surface area contributed by atoms with Crippen LogP contribution in [0.15, 0.2) is 0 Å². The predicted octanol–water partition coefficient (Wildman–Crippen LogP) is -0.192. The van der Waals surface area contributed by atoms with Gasteiger partial charge in [-0.05, 0) is 6.92 Å². The molecule has 0 saturated carbocycles. The van der Waals surface area contributed by atoms with Gasteiger partial charge < -0.3 is 20.5 Å². The molecule has 0 radical (unpaired) electrons. The summed E-state index contributed by atoms with van der Waals surface area (Å²) in [5, 5.41) is 2.68. The summed E-state index contributed by atoms with van der Waals surface area (Å²) in [5.41, 5.74) is 5.46. The molecule has 0 aliphatic rings. The fourth-order valence-electron chi connectivity index (χ4n) is 1.27. The van der Waals surface area contributed by atoms with Gasteiger partial charge >= 0.3 is 5.97 Å². The summed E-state index contributed by atoms with van der Waals surface area (Å²) in [5.74, 6) is -0.423. The Kier molecular flexibility index (Phi) is 8.35. The Morgan fingerprint density at radius 1 is 1.35 bits per heavy atom. The number of hydrogen-bond donors (Lipinski definition) is 2. The molecule has 0 saturated heterocycles. The highest BCUT2D eigenvalue weighted by Crippen LogP contribution is 1.98.